The van der Waals surface area contributed by atoms with E-state index in [0.29, 0.717) is 20.2 Å². The first-order chi connectivity index (χ1) is 25.2. The zero-order valence-electron chi connectivity index (χ0n) is 28.2. The van der Waals surface area contributed by atoms with Crippen LogP contribution < -0.4 is 31.3 Å². The van der Waals surface area contributed by atoms with Gasteiger partial charge in [-0.15, -0.1) is 0 Å². The SMILES string of the molecule is [CH2-]n1nc(-c2ccccc2)nc1-c1ccccn1.[Cu+].c1ccc(Pc2ccccc2Oc2ccccc2[PH+](c2ccccc2)c2ccccc2)cc1. The zero-order valence-corrected chi connectivity index (χ0v) is 31.1. The number of ether oxygens (including phenoxy) is 1. The van der Waals surface area contributed by atoms with Crippen molar-refractivity contribution in [3.8, 4) is 34.4 Å². The summed E-state index contributed by atoms with van der Waals surface area (Å²) in [5.41, 5.74) is 1.74. The molecule has 0 N–H and O–H groups in total. The van der Waals surface area contributed by atoms with Gasteiger partial charge in [0.05, 0.1) is 0 Å². The van der Waals surface area contributed by atoms with Crippen LogP contribution in [0.5, 0.6) is 11.5 Å². The summed E-state index contributed by atoms with van der Waals surface area (Å²) in [6.45, 7) is 0. The second-order valence-electron chi connectivity index (χ2n) is 11.5. The van der Waals surface area contributed by atoms with E-state index in [0.717, 1.165) is 22.8 Å². The summed E-state index contributed by atoms with van der Waals surface area (Å²) in [6, 6.07) is 64.6. The molecule has 6 aromatic carbocycles. The van der Waals surface area contributed by atoms with Gasteiger partial charge in [0, 0.05) is 28.6 Å². The number of aromatic nitrogens is 4. The molecule has 0 saturated heterocycles. The van der Waals surface area contributed by atoms with Gasteiger partial charge in [0.25, 0.3) is 0 Å². The molecule has 258 valence electrons. The molecule has 0 radical (unpaired) electrons. The number of para-hydroxylation sites is 2. The number of hydrogen-bond donors (Lipinski definition) is 0. The molecule has 2 aromatic heterocycles. The predicted octanol–water partition coefficient (Wildman–Crippen LogP) is 8.24. The molecule has 52 heavy (non-hydrogen) atoms. The molecule has 0 aliphatic rings. The Kier molecular flexibility index (Phi) is 12.8. The Morgan fingerprint density at radius 2 is 1.10 bits per heavy atom. The van der Waals surface area contributed by atoms with Crippen molar-refractivity contribution in [2.75, 3.05) is 0 Å². The van der Waals surface area contributed by atoms with Gasteiger partial charge < -0.3 is 14.4 Å². The molecule has 0 fully saturated rings. The van der Waals surface area contributed by atoms with E-state index >= 15 is 0 Å². The summed E-state index contributed by atoms with van der Waals surface area (Å²) in [5.74, 6) is 3.18. The van der Waals surface area contributed by atoms with Gasteiger partial charge in [-0.2, -0.15) is 12.1 Å². The van der Waals surface area contributed by atoms with Gasteiger partial charge >= 0.3 is 17.1 Å². The van der Waals surface area contributed by atoms with Crippen LogP contribution in [0.1, 0.15) is 0 Å². The molecule has 0 bridgehead atoms. The Balaban J connectivity index is 0.000000206. The van der Waals surface area contributed by atoms with E-state index in [2.05, 4.69) is 162 Å². The van der Waals surface area contributed by atoms with Crippen LogP contribution in [0.25, 0.3) is 22.9 Å². The van der Waals surface area contributed by atoms with Gasteiger partial charge in [-0.1, -0.05) is 148 Å². The van der Waals surface area contributed by atoms with E-state index in [1.807, 2.05) is 48.5 Å². The molecule has 0 aliphatic carbocycles. The van der Waals surface area contributed by atoms with Crippen molar-refractivity contribution in [2.24, 2.45) is 0 Å². The number of nitrogens with zero attached hydrogens (tertiary/aromatic N) is 4. The predicted molar refractivity (Wildman–Crippen MR) is 217 cm³/mol. The zero-order chi connectivity index (χ0) is 34.7. The topological polar surface area (TPSA) is 52.8 Å². The maximum Gasteiger partial charge on any atom is 1.00 e. The molecular weight excluding hydrogens is 726 g/mol. The van der Waals surface area contributed by atoms with Gasteiger partial charge in [-0.05, 0) is 53.8 Å². The Morgan fingerprint density at radius 1 is 0.558 bits per heavy atom. The molecule has 0 saturated carbocycles. The molecule has 0 spiro atoms. The summed E-state index contributed by atoms with van der Waals surface area (Å²) < 4.78 is 8.17. The molecule has 8 heteroatoms. The molecule has 8 aromatic rings. The summed E-state index contributed by atoms with van der Waals surface area (Å²) >= 11 is 0. The van der Waals surface area contributed by atoms with Crippen molar-refractivity contribution in [1.29, 1.82) is 0 Å². The molecule has 5 nitrogen and oxygen atoms in total. The average molecular weight is 762 g/mol. The van der Waals surface area contributed by atoms with Crippen molar-refractivity contribution in [1.82, 2.24) is 19.7 Å². The molecule has 1 unspecified atom stereocenters. The second kappa shape index (κ2) is 18.2. The van der Waals surface area contributed by atoms with Gasteiger partial charge in [-0.3, -0.25) is 4.98 Å². The van der Waals surface area contributed by atoms with E-state index in [4.69, 9.17) is 4.74 Å². The number of benzene rings is 6. The molecule has 0 amide bonds. The fourth-order valence-electron chi connectivity index (χ4n) is 5.64. The van der Waals surface area contributed by atoms with Gasteiger partial charge in [0.2, 0.25) is 0 Å². The molecule has 2 heterocycles. The van der Waals surface area contributed by atoms with Crippen molar-refractivity contribution in [3.63, 3.8) is 0 Å². The minimum atomic E-state index is -1.22. The third kappa shape index (κ3) is 9.11. The molecule has 1 atom stereocenters. The standard InChI is InChI=1S/C30H24OP2.C14H11N4.Cu/c1-4-14-24(15-5-1)32-29-22-12-10-20-27(29)31-28-21-11-13-23-30(28)33(25-16-6-2-7-17-25)26-18-8-3-9-19-26;1-18-14(12-9-5-6-10-15-12)16-13(17-18)11-7-3-2-4-8-11;/h1-23,32H;2-10H,1H2;/q;-1;+1/p+1. The van der Waals surface area contributed by atoms with Crippen LogP contribution in [-0.4, -0.2) is 19.7 Å². The number of rotatable bonds is 9. The third-order valence-electron chi connectivity index (χ3n) is 8.04. The van der Waals surface area contributed by atoms with Crippen LogP contribution in [0.4, 0.5) is 0 Å². The van der Waals surface area contributed by atoms with Crippen LogP contribution in [0, 0.1) is 7.05 Å². The van der Waals surface area contributed by atoms with Crippen LogP contribution in [0.15, 0.2) is 194 Å². The third-order valence-corrected chi connectivity index (χ3v) is 12.1. The van der Waals surface area contributed by atoms with Crippen LogP contribution >= 0.6 is 16.5 Å². The molecule has 0 aliphatic heterocycles. The first-order valence-corrected chi connectivity index (χ1v) is 19.1. The fraction of sp³-hybridized carbons (Fsp3) is 0. The summed E-state index contributed by atoms with van der Waals surface area (Å²) in [7, 11) is 3.17. The fourth-order valence-corrected chi connectivity index (χ4v) is 9.40. The van der Waals surface area contributed by atoms with E-state index in [9.17, 15) is 0 Å². The van der Waals surface area contributed by atoms with E-state index in [1.54, 1.807) is 6.20 Å². The second-order valence-corrected chi connectivity index (χ2v) is 15.3. The largest absolute Gasteiger partial charge is 1.00 e. The van der Waals surface area contributed by atoms with Crippen LogP contribution in [-0.2, 0) is 17.1 Å². The minimum Gasteiger partial charge on any atom is -0.453 e. The first kappa shape index (κ1) is 36.5. The van der Waals surface area contributed by atoms with E-state index < -0.39 is 7.92 Å². The number of hydrogen-bond acceptors (Lipinski definition) is 4. The molecule has 8 rings (SSSR count). The van der Waals surface area contributed by atoms with Crippen LogP contribution in [0.2, 0.25) is 0 Å². The normalized spacial score (nSPS) is 10.7. The van der Waals surface area contributed by atoms with Gasteiger partial charge in [0.15, 0.2) is 11.6 Å². The Hall–Kier alpha value is -5.34. The van der Waals surface area contributed by atoms with Crippen molar-refractivity contribution in [2.45, 2.75) is 0 Å². The first-order valence-electron chi connectivity index (χ1n) is 16.6. The Bertz CT molecular complexity index is 2240. The maximum atomic E-state index is 6.67. The summed E-state index contributed by atoms with van der Waals surface area (Å²) in [4.78, 5) is 8.73. The minimum absolute atomic E-state index is 0. The van der Waals surface area contributed by atoms with Gasteiger partial charge in [-0.25, -0.2) is 0 Å². The maximum absolute atomic E-state index is 6.67. The summed E-state index contributed by atoms with van der Waals surface area (Å²) in [5, 5.41) is 10.8. The number of pyridine rings is 1. The Morgan fingerprint density at radius 3 is 1.73 bits per heavy atom. The van der Waals surface area contributed by atoms with Gasteiger partial charge in [0.1, 0.15) is 29.6 Å². The summed E-state index contributed by atoms with van der Waals surface area (Å²) in [6.07, 6.45) is 1.73. The van der Waals surface area contributed by atoms with Crippen molar-refractivity contribution < 1.29 is 21.8 Å². The van der Waals surface area contributed by atoms with E-state index in [1.165, 1.54) is 31.2 Å². The average Bonchev–Trinajstić information content (AvgIpc) is 3.60. The molecular formula is C44H36CuN4OP2+. The van der Waals surface area contributed by atoms with E-state index in [-0.39, 0.29) is 17.1 Å². The quantitative estimate of drug-likeness (QED) is 0.0846. The Labute approximate surface area is 318 Å². The van der Waals surface area contributed by atoms with Crippen LogP contribution in [0.3, 0.4) is 0 Å². The van der Waals surface area contributed by atoms with Crippen molar-refractivity contribution >= 4 is 43.0 Å². The smallest absolute Gasteiger partial charge is 0.453 e. The monoisotopic (exact) mass is 761 g/mol. The van der Waals surface area contributed by atoms with Crippen molar-refractivity contribution in [3.05, 3.63) is 201 Å².